The predicted octanol–water partition coefficient (Wildman–Crippen LogP) is 0.935. The van der Waals surface area contributed by atoms with Crippen LogP contribution in [-0.4, -0.2) is 78.7 Å². The molecular weight excluding hydrogens is 422 g/mol. The van der Waals surface area contributed by atoms with E-state index in [0.29, 0.717) is 25.7 Å². The molecule has 5 aliphatic rings. The number of nitrogens with zero attached hydrogens (tertiary/aromatic N) is 2. The van der Waals surface area contributed by atoms with E-state index in [4.69, 9.17) is 15.2 Å². The molecule has 9 heteroatoms. The first kappa shape index (κ1) is 23.5. The highest BCUT2D eigenvalue weighted by Crippen LogP contribution is 2.37. The molecule has 5 rings (SSSR count). The highest BCUT2D eigenvalue weighted by atomic mass is 16.7. The van der Waals surface area contributed by atoms with Gasteiger partial charge in [0.25, 0.3) is 0 Å². The zero-order valence-corrected chi connectivity index (χ0v) is 19.9. The molecular formula is C24H41N5O4. The minimum Gasteiger partial charge on any atom is -0.355 e. The van der Waals surface area contributed by atoms with Crippen LogP contribution in [0.4, 0.5) is 0 Å². The molecule has 8 unspecified atom stereocenters. The van der Waals surface area contributed by atoms with Gasteiger partial charge < -0.3 is 25.4 Å². The number of amides is 2. The van der Waals surface area contributed by atoms with Gasteiger partial charge in [0.15, 0.2) is 0 Å². The van der Waals surface area contributed by atoms with E-state index in [2.05, 4.69) is 22.5 Å². The smallest absolute Gasteiger partial charge is 0.229 e. The second kappa shape index (κ2) is 10.2. The van der Waals surface area contributed by atoms with Crippen molar-refractivity contribution in [3.63, 3.8) is 0 Å². The first-order valence-electron chi connectivity index (χ1n) is 13.2. The second-order valence-electron chi connectivity index (χ2n) is 10.6. The van der Waals surface area contributed by atoms with Gasteiger partial charge in [0.1, 0.15) is 6.79 Å². The standard InChI is InChI=1S/C24H41N5O4/c1-2-3-9-29-21(25)16(12-17-22(29)27-20-6-4-5-10-28(20)24(17)31)23(30)26-13-15-7-8-18-19(11-15)33-14-32-18/h15-22,27H,2-14,25H2,1H3,(H,26,30). The van der Waals surface area contributed by atoms with Gasteiger partial charge in [0, 0.05) is 19.6 Å². The molecule has 4 saturated heterocycles. The van der Waals surface area contributed by atoms with Gasteiger partial charge in [-0.25, -0.2) is 0 Å². The molecule has 4 heterocycles. The average Bonchev–Trinajstić information content (AvgIpc) is 3.30. The van der Waals surface area contributed by atoms with Gasteiger partial charge in [-0.1, -0.05) is 13.3 Å². The molecule has 4 N–H and O–H groups in total. The van der Waals surface area contributed by atoms with Gasteiger partial charge >= 0.3 is 0 Å². The van der Waals surface area contributed by atoms with Crippen molar-refractivity contribution in [3.8, 4) is 0 Å². The number of nitrogens with one attached hydrogen (secondary N) is 2. The van der Waals surface area contributed by atoms with E-state index >= 15 is 0 Å². The van der Waals surface area contributed by atoms with Crippen molar-refractivity contribution >= 4 is 11.8 Å². The van der Waals surface area contributed by atoms with Crippen LogP contribution < -0.4 is 16.4 Å². The van der Waals surface area contributed by atoms with Crippen LogP contribution in [0, 0.1) is 17.8 Å². The Balaban J connectivity index is 1.25. The van der Waals surface area contributed by atoms with Crippen LogP contribution in [0.1, 0.15) is 64.7 Å². The summed E-state index contributed by atoms with van der Waals surface area (Å²) in [4.78, 5) is 31.0. The summed E-state index contributed by atoms with van der Waals surface area (Å²) < 4.78 is 11.3. The van der Waals surface area contributed by atoms with Crippen molar-refractivity contribution in [3.05, 3.63) is 0 Å². The summed E-state index contributed by atoms with van der Waals surface area (Å²) in [5, 5.41) is 6.92. The SMILES string of the molecule is CCCCN1C(N)C(C(=O)NCC2CCC3OCOC3C2)CC2C(=O)N3CCCCC3NC21. The van der Waals surface area contributed by atoms with Crippen LogP contribution in [0.15, 0.2) is 0 Å². The van der Waals surface area contributed by atoms with Gasteiger partial charge in [0.05, 0.1) is 42.5 Å². The average molecular weight is 464 g/mol. The number of hydrogen-bond acceptors (Lipinski definition) is 7. The van der Waals surface area contributed by atoms with Crippen molar-refractivity contribution in [2.75, 3.05) is 26.4 Å². The summed E-state index contributed by atoms with van der Waals surface area (Å²) in [6, 6.07) is 0. The number of rotatable bonds is 6. The highest BCUT2D eigenvalue weighted by Gasteiger charge is 2.52. The first-order valence-corrected chi connectivity index (χ1v) is 13.2. The van der Waals surface area contributed by atoms with Crippen LogP contribution in [-0.2, 0) is 19.1 Å². The first-order chi connectivity index (χ1) is 16.1. The fraction of sp³-hybridized carbons (Fsp3) is 0.917. The lowest BCUT2D eigenvalue weighted by atomic mass is 9.80. The van der Waals surface area contributed by atoms with E-state index in [1.807, 2.05) is 4.90 Å². The van der Waals surface area contributed by atoms with Crippen LogP contribution in [0.25, 0.3) is 0 Å². The molecule has 0 aromatic carbocycles. The fourth-order valence-corrected chi connectivity index (χ4v) is 6.63. The van der Waals surface area contributed by atoms with Gasteiger partial charge in [-0.15, -0.1) is 0 Å². The topological polar surface area (TPSA) is 109 Å². The Morgan fingerprint density at radius 3 is 2.88 bits per heavy atom. The summed E-state index contributed by atoms with van der Waals surface area (Å²) >= 11 is 0. The van der Waals surface area contributed by atoms with Crippen molar-refractivity contribution in [2.45, 2.75) is 95.4 Å². The van der Waals surface area contributed by atoms with E-state index < -0.39 is 0 Å². The largest absolute Gasteiger partial charge is 0.355 e. The van der Waals surface area contributed by atoms with Gasteiger partial charge in [0.2, 0.25) is 11.8 Å². The Bertz CT molecular complexity index is 723. The Morgan fingerprint density at radius 2 is 2.03 bits per heavy atom. The Morgan fingerprint density at radius 1 is 1.18 bits per heavy atom. The summed E-state index contributed by atoms with van der Waals surface area (Å²) in [6.07, 6.45) is 8.74. The molecule has 4 aliphatic heterocycles. The maximum absolute atomic E-state index is 13.5. The maximum atomic E-state index is 13.5. The molecule has 1 aliphatic carbocycles. The lowest BCUT2D eigenvalue weighted by Crippen LogP contribution is -2.74. The zero-order chi connectivity index (χ0) is 22.9. The number of ether oxygens (including phenoxy) is 2. The van der Waals surface area contributed by atoms with E-state index in [-0.39, 0.29) is 54.4 Å². The lowest BCUT2D eigenvalue weighted by molar-refractivity contribution is -0.162. The number of carbonyl (C=O) groups excluding carboxylic acids is 2. The lowest BCUT2D eigenvalue weighted by Gasteiger charge is -2.55. The van der Waals surface area contributed by atoms with Gasteiger partial charge in [-0.3, -0.25) is 19.8 Å². The number of carbonyl (C=O) groups is 2. The van der Waals surface area contributed by atoms with Crippen LogP contribution in [0.5, 0.6) is 0 Å². The summed E-state index contributed by atoms with van der Waals surface area (Å²) in [6.45, 7) is 4.80. The molecule has 0 aromatic rings. The molecule has 5 fully saturated rings. The number of piperidine rings is 2. The Labute approximate surface area is 197 Å². The minimum absolute atomic E-state index is 0.0123. The molecule has 186 valence electrons. The van der Waals surface area contributed by atoms with Crippen LogP contribution in [0.2, 0.25) is 0 Å². The third-order valence-electron chi connectivity index (χ3n) is 8.58. The molecule has 0 bridgehead atoms. The van der Waals surface area contributed by atoms with Crippen molar-refractivity contribution in [1.29, 1.82) is 0 Å². The third-order valence-corrected chi connectivity index (χ3v) is 8.58. The van der Waals surface area contributed by atoms with Crippen LogP contribution in [0.3, 0.4) is 0 Å². The zero-order valence-electron chi connectivity index (χ0n) is 19.9. The van der Waals surface area contributed by atoms with Gasteiger partial charge in [-0.05, 0) is 57.3 Å². The number of hydrogen-bond donors (Lipinski definition) is 3. The van der Waals surface area contributed by atoms with Crippen molar-refractivity contribution < 1.29 is 19.1 Å². The number of fused-ring (bicyclic) bond motifs is 3. The third kappa shape index (κ3) is 4.67. The number of nitrogens with two attached hydrogens (primary N) is 1. The van der Waals surface area contributed by atoms with Crippen molar-refractivity contribution in [2.24, 2.45) is 23.5 Å². The van der Waals surface area contributed by atoms with Gasteiger partial charge in [-0.2, -0.15) is 0 Å². The van der Waals surface area contributed by atoms with Crippen molar-refractivity contribution in [1.82, 2.24) is 20.4 Å². The quantitative estimate of drug-likeness (QED) is 0.538. The molecule has 1 saturated carbocycles. The number of likely N-dealkylation sites (tertiary alicyclic amines) is 1. The maximum Gasteiger partial charge on any atom is 0.229 e. The van der Waals surface area contributed by atoms with E-state index in [9.17, 15) is 9.59 Å². The number of unbranched alkanes of at least 4 members (excludes halogenated alkanes) is 1. The normalized spacial score (nSPS) is 41.3. The Hall–Kier alpha value is -1.26. The second-order valence-corrected chi connectivity index (χ2v) is 10.6. The molecule has 0 aromatic heterocycles. The summed E-state index contributed by atoms with van der Waals surface area (Å²) in [7, 11) is 0. The Kier molecular flexibility index (Phi) is 7.23. The molecule has 9 nitrogen and oxygen atoms in total. The fourth-order valence-electron chi connectivity index (χ4n) is 6.63. The molecule has 33 heavy (non-hydrogen) atoms. The predicted molar refractivity (Wildman–Crippen MR) is 122 cm³/mol. The molecule has 8 atom stereocenters. The van der Waals surface area contributed by atoms with E-state index in [0.717, 1.165) is 64.5 Å². The minimum atomic E-state index is -0.379. The molecule has 0 radical (unpaired) electrons. The van der Waals surface area contributed by atoms with E-state index in [1.54, 1.807) is 0 Å². The van der Waals surface area contributed by atoms with Crippen LogP contribution >= 0.6 is 0 Å². The monoisotopic (exact) mass is 463 g/mol. The summed E-state index contributed by atoms with van der Waals surface area (Å²) in [5.41, 5.74) is 6.73. The molecule has 0 spiro atoms. The highest BCUT2D eigenvalue weighted by molar-refractivity contribution is 5.84. The molecule has 2 amide bonds. The summed E-state index contributed by atoms with van der Waals surface area (Å²) in [5.74, 6) is -0.00957. The van der Waals surface area contributed by atoms with E-state index in [1.165, 1.54) is 0 Å².